The van der Waals surface area contributed by atoms with Gasteiger partial charge in [-0.15, -0.1) is 0 Å². The number of aromatic nitrogens is 1. The van der Waals surface area contributed by atoms with Gasteiger partial charge >= 0.3 is 0 Å². The monoisotopic (exact) mass is 227 g/mol. The maximum Gasteiger partial charge on any atom is 0.193 e. The molecule has 15 heavy (non-hydrogen) atoms. The Morgan fingerprint density at radius 2 is 2.20 bits per heavy atom. The summed E-state index contributed by atoms with van der Waals surface area (Å²) < 4.78 is 28.5. The number of fused-ring (bicyclic) bond motifs is 1. The number of ether oxygens (including phenoxy) is 1. The lowest BCUT2D eigenvalue weighted by atomic mass is 10.1. The van der Waals surface area contributed by atoms with Crippen molar-refractivity contribution in [2.45, 2.75) is 24.8 Å². The summed E-state index contributed by atoms with van der Waals surface area (Å²) in [6.45, 7) is 2.42. The van der Waals surface area contributed by atoms with Crippen molar-refractivity contribution in [3.63, 3.8) is 0 Å². The molecule has 1 aliphatic heterocycles. The molecule has 0 saturated carbocycles. The lowest BCUT2D eigenvalue weighted by molar-refractivity contribution is 0.284. The van der Waals surface area contributed by atoms with Crippen LogP contribution in [0.3, 0.4) is 0 Å². The van der Waals surface area contributed by atoms with Crippen molar-refractivity contribution in [2.24, 2.45) is 0 Å². The molecule has 1 aromatic rings. The first kappa shape index (κ1) is 10.4. The Bertz CT molecular complexity index is 494. The number of hydrogen-bond acceptors (Lipinski definition) is 4. The van der Waals surface area contributed by atoms with Crippen molar-refractivity contribution < 1.29 is 13.2 Å². The van der Waals surface area contributed by atoms with Crippen LogP contribution in [0.4, 0.5) is 0 Å². The second kappa shape index (κ2) is 3.48. The number of pyridine rings is 1. The molecular formula is C10H13NO3S. The molecule has 0 N–H and O–H groups in total. The maximum absolute atomic E-state index is 11.5. The molecular weight excluding hydrogens is 214 g/mol. The highest BCUT2D eigenvalue weighted by Gasteiger charge is 2.22. The Kier molecular flexibility index (Phi) is 2.42. The molecule has 0 bridgehead atoms. The number of hydrogen-bond donors (Lipinski definition) is 0. The van der Waals surface area contributed by atoms with Gasteiger partial charge in [-0.2, -0.15) is 0 Å². The van der Waals surface area contributed by atoms with Crippen LogP contribution in [-0.4, -0.2) is 26.3 Å². The summed E-state index contributed by atoms with van der Waals surface area (Å²) >= 11 is 0. The molecule has 0 unspecified atom stereocenters. The van der Waals surface area contributed by atoms with Crippen LogP contribution in [0.1, 0.15) is 17.7 Å². The van der Waals surface area contributed by atoms with E-state index in [1.807, 2.05) is 0 Å². The van der Waals surface area contributed by atoms with Gasteiger partial charge in [0, 0.05) is 23.6 Å². The van der Waals surface area contributed by atoms with Crippen molar-refractivity contribution in [3.8, 4) is 5.75 Å². The van der Waals surface area contributed by atoms with E-state index in [1.165, 1.54) is 6.26 Å². The van der Waals surface area contributed by atoms with Gasteiger partial charge in [-0.25, -0.2) is 13.4 Å². The van der Waals surface area contributed by atoms with E-state index in [4.69, 9.17) is 4.74 Å². The molecule has 1 aromatic heterocycles. The summed E-state index contributed by atoms with van der Waals surface area (Å²) in [5, 5.41) is 0.178. The quantitative estimate of drug-likeness (QED) is 0.721. The SMILES string of the molecule is Cc1cc2c(c(S(C)(=O)=O)n1)CCCO2. The van der Waals surface area contributed by atoms with Crippen LogP contribution in [-0.2, 0) is 16.3 Å². The maximum atomic E-state index is 11.5. The van der Waals surface area contributed by atoms with E-state index < -0.39 is 9.84 Å². The molecule has 0 saturated heterocycles. The van der Waals surface area contributed by atoms with Crippen LogP contribution < -0.4 is 4.74 Å². The van der Waals surface area contributed by atoms with E-state index in [0.29, 0.717) is 18.1 Å². The number of aryl methyl sites for hydroxylation is 1. The third-order valence-corrected chi connectivity index (χ3v) is 3.39. The number of rotatable bonds is 1. The van der Waals surface area contributed by atoms with E-state index in [0.717, 1.165) is 18.4 Å². The minimum Gasteiger partial charge on any atom is -0.493 e. The predicted molar refractivity (Wildman–Crippen MR) is 55.9 cm³/mol. The average Bonchev–Trinajstić information content (AvgIpc) is 2.15. The van der Waals surface area contributed by atoms with E-state index in [1.54, 1.807) is 13.0 Å². The molecule has 2 rings (SSSR count). The topological polar surface area (TPSA) is 56.3 Å². The third kappa shape index (κ3) is 1.97. The molecule has 1 aliphatic rings. The molecule has 0 spiro atoms. The van der Waals surface area contributed by atoms with Gasteiger partial charge < -0.3 is 4.74 Å². The lowest BCUT2D eigenvalue weighted by Gasteiger charge is -2.19. The van der Waals surface area contributed by atoms with E-state index >= 15 is 0 Å². The number of nitrogens with zero attached hydrogens (tertiary/aromatic N) is 1. The summed E-state index contributed by atoms with van der Waals surface area (Å²) in [5.74, 6) is 0.675. The van der Waals surface area contributed by atoms with Crippen LogP contribution in [0, 0.1) is 6.92 Å². The van der Waals surface area contributed by atoms with Gasteiger partial charge in [0.15, 0.2) is 14.9 Å². The molecule has 0 amide bonds. The summed E-state index contributed by atoms with van der Waals surface area (Å²) in [7, 11) is -3.26. The van der Waals surface area contributed by atoms with Crippen LogP contribution >= 0.6 is 0 Å². The molecule has 0 aromatic carbocycles. The Labute approximate surface area is 89.2 Å². The molecule has 2 heterocycles. The Balaban J connectivity index is 2.68. The van der Waals surface area contributed by atoms with Gasteiger partial charge in [0.25, 0.3) is 0 Å². The predicted octanol–water partition coefficient (Wildman–Crippen LogP) is 1.12. The van der Waals surface area contributed by atoms with Gasteiger partial charge in [-0.1, -0.05) is 0 Å². The minimum atomic E-state index is -3.26. The molecule has 82 valence electrons. The summed E-state index contributed by atoms with van der Waals surface area (Å²) in [5.41, 5.74) is 1.41. The van der Waals surface area contributed by atoms with Gasteiger partial charge in [0.05, 0.1) is 6.61 Å². The highest BCUT2D eigenvalue weighted by molar-refractivity contribution is 7.90. The summed E-state index contributed by atoms with van der Waals surface area (Å²) in [4.78, 5) is 4.09. The van der Waals surface area contributed by atoms with E-state index in [9.17, 15) is 8.42 Å². The van der Waals surface area contributed by atoms with Crippen molar-refractivity contribution in [3.05, 3.63) is 17.3 Å². The van der Waals surface area contributed by atoms with Crippen LogP contribution in [0.25, 0.3) is 0 Å². The zero-order chi connectivity index (χ0) is 11.1. The first-order chi connectivity index (χ1) is 6.98. The third-order valence-electron chi connectivity index (χ3n) is 2.35. The Hall–Kier alpha value is -1.10. The van der Waals surface area contributed by atoms with Crippen LogP contribution in [0.15, 0.2) is 11.1 Å². The minimum absolute atomic E-state index is 0.178. The molecule has 5 heteroatoms. The second-order valence-electron chi connectivity index (χ2n) is 3.77. The van der Waals surface area contributed by atoms with Gasteiger partial charge in [-0.3, -0.25) is 0 Å². The zero-order valence-corrected chi connectivity index (χ0v) is 9.60. The molecule has 0 aliphatic carbocycles. The van der Waals surface area contributed by atoms with Crippen molar-refractivity contribution in [1.82, 2.24) is 4.98 Å². The van der Waals surface area contributed by atoms with Crippen molar-refractivity contribution in [1.29, 1.82) is 0 Å². The first-order valence-electron chi connectivity index (χ1n) is 4.82. The van der Waals surface area contributed by atoms with Crippen molar-refractivity contribution in [2.75, 3.05) is 12.9 Å². The van der Waals surface area contributed by atoms with E-state index in [2.05, 4.69) is 4.98 Å². The van der Waals surface area contributed by atoms with Crippen LogP contribution in [0.2, 0.25) is 0 Å². The Morgan fingerprint density at radius 3 is 2.87 bits per heavy atom. The standard InChI is InChI=1S/C10H13NO3S/c1-7-6-9-8(4-3-5-14-9)10(11-7)15(2,12)13/h6H,3-5H2,1-2H3. The van der Waals surface area contributed by atoms with Crippen molar-refractivity contribution >= 4 is 9.84 Å². The summed E-state index contributed by atoms with van der Waals surface area (Å²) in [6.07, 6.45) is 2.76. The fourth-order valence-electron chi connectivity index (χ4n) is 1.74. The highest BCUT2D eigenvalue weighted by Crippen LogP contribution is 2.29. The molecule has 0 fully saturated rings. The zero-order valence-electron chi connectivity index (χ0n) is 8.78. The van der Waals surface area contributed by atoms with Gasteiger partial charge in [-0.05, 0) is 19.8 Å². The molecule has 0 radical (unpaired) electrons. The van der Waals surface area contributed by atoms with Crippen LogP contribution in [0.5, 0.6) is 5.75 Å². The van der Waals surface area contributed by atoms with Gasteiger partial charge in [0.1, 0.15) is 5.75 Å². The smallest absolute Gasteiger partial charge is 0.193 e. The van der Waals surface area contributed by atoms with Gasteiger partial charge in [0.2, 0.25) is 0 Å². The molecule has 4 nitrogen and oxygen atoms in total. The first-order valence-corrected chi connectivity index (χ1v) is 6.71. The largest absolute Gasteiger partial charge is 0.493 e. The normalized spacial score (nSPS) is 15.6. The fourth-order valence-corrected chi connectivity index (χ4v) is 2.70. The molecule has 0 atom stereocenters. The second-order valence-corrected chi connectivity index (χ2v) is 5.70. The Morgan fingerprint density at radius 1 is 1.47 bits per heavy atom. The average molecular weight is 227 g/mol. The highest BCUT2D eigenvalue weighted by atomic mass is 32.2. The summed E-state index contributed by atoms with van der Waals surface area (Å²) in [6, 6.07) is 1.79. The fraction of sp³-hybridized carbons (Fsp3) is 0.500. The number of sulfone groups is 1. The van der Waals surface area contributed by atoms with E-state index in [-0.39, 0.29) is 5.03 Å². The lowest BCUT2D eigenvalue weighted by Crippen LogP contribution is -2.15.